The molecule has 1 aromatic heterocycles. The van der Waals surface area contributed by atoms with E-state index in [1.165, 1.54) is 0 Å². The Morgan fingerprint density at radius 1 is 1.38 bits per heavy atom. The lowest BCUT2D eigenvalue weighted by Gasteiger charge is -1.88. The summed E-state index contributed by atoms with van der Waals surface area (Å²) in [5.41, 5.74) is 7.46. The topological polar surface area (TPSA) is 39.2 Å². The summed E-state index contributed by atoms with van der Waals surface area (Å²) in [4.78, 5) is 0. The van der Waals surface area contributed by atoms with E-state index in [-0.39, 0.29) is 0 Å². The lowest BCUT2D eigenvalue weighted by Crippen LogP contribution is -1.96. The van der Waals surface area contributed by atoms with Crippen LogP contribution >= 0.6 is 0 Å². The highest BCUT2D eigenvalue weighted by atomic mass is 16.3. The number of hydrogen-bond acceptors (Lipinski definition) is 2. The SMILES string of the molecule is Cc1cocc1C#CCCCCN. The summed E-state index contributed by atoms with van der Waals surface area (Å²) in [5.74, 6) is 6.17. The van der Waals surface area contributed by atoms with Gasteiger partial charge in [-0.25, -0.2) is 0 Å². The van der Waals surface area contributed by atoms with E-state index < -0.39 is 0 Å². The van der Waals surface area contributed by atoms with Crippen molar-refractivity contribution >= 4 is 0 Å². The molecule has 2 nitrogen and oxygen atoms in total. The van der Waals surface area contributed by atoms with Crippen molar-refractivity contribution in [1.29, 1.82) is 0 Å². The van der Waals surface area contributed by atoms with Gasteiger partial charge in [-0.15, -0.1) is 0 Å². The molecule has 0 saturated heterocycles. The molecule has 2 heteroatoms. The summed E-state index contributed by atoms with van der Waals surface area (Å²) in [7, 11) is 0. The molecule has 70 valence electrons. The molecule has 0 bridgehead atoms. The molecular weight excluding hydrogens is 162 g/mol. The van der Waals surface area contributed by atoms with Crippen molar-refractivity contribution in [2.24, 2.45) is 5.73 Å². The quantitative estimate of drug-likeness (QED) is 0.567. The van der Waals surface area contributed by atoms with Crippen molar-refractivity contribution in [3.05, 3.63) is 23.7 Å². The second-order valence-electron chi connectivity index (χ2n) is 3.02. The average Bonchev–Trinajstić information content (AvgIpc) is 2.52. The summed E-state index contributed by atoms with van der Waals surface area (Å²) >= 11 is 0. The molecule has 0 aromatic carbocycles. The molecule has 0 aliphatic rings. The highest BCUT2D eigenvalue weighted by Crippen LogP contribution is 2.06. The van der Waals surface area contributed by atoms with Gasteiger partial charge in [0.05, 0.1) is 11.8 Å². The molecule has 2 N–H and O–H groups in total. The van der Waals surface area contributed by atoms with Crippen LogP contribution in [0.4, 0.5) is 0 Å². The van der Waals surface area contributed by atoms with Gasteiger partial charge in [0.2, 0.25) is 0 Å². The van der Waals surface area contributed by atoms with Crippen LogP contribution in [0, 0.1) is 18.8 Å². The standard InChI is InChI=1S/C11H15NO/c1-10-8-13-9-11(10)6-4-2-3-5-7-12/h8-9H,2-3,5,7,12H2,1H3. The molecular formula is C11H15NO. The van der Waals surface area contributed by atoms with Crippen molar-refractivity contribution < 1.29 is 4.42 Å². The maximum atomic E-state index is 5.37. The number of unbranched alkanes of at least 4 members (excludes halogenated alkanes) is 2. The molecule has 0 saturated carbocycles. The third-order valence-corrected chi connectivity index (χ3v) is 1.83. The van der Waals surface area contributed by atoms with E-state index in [9.17, 15) is 0 Å². The Bertz CT molecular complexity index is 303. The number of furan rings is 1. The minimum atomic E-state index is 0.756. The minimum absolute atomic E-state index is 0.756. The molecule has 13 heavy (non-hydrogen) atoms. The lowest BCUT2D eigenvalue weighted by atomic mass is 10.2. The molecule has 0 spiro atoms. The van der Waals surface area contributed by atoms with Crippen molar-refractivity contribution in [2.45, 2.75) is 26.2 Å². The number of rotatable bonds is 3. The second-order valence-corrected chi connectivity index (χ2v) is 3.02. The molecule has 0 atom stereocenters. The number of hydrogen-bond donors (Lipinski definition) is 1. The lowest BCUT2D eigenvalue weighted by molar-refractivity contribution is 0.565. The van der Waals surface area contributed by atoms with Crippen molar-refractivity contribution in [2.75, 3.05) is 6.54 Å². The van der Waals surface area contributed by atoms with Crippen LogP contribution in [0.5, 0.6) is 0 Å². The van der Waals surface area contributed by atoms with Gasteiger partial charge < -0.3 is 10.2 Å². The van der Waals surface area contributed by atoms with E-state index in [4.69, 9.17) is 10.2 Å². The minimum Gasteiger partial charge on any atom is -0.471 e. The molecule has 1 rings (SSSR count). The van der Waals surface area contributed by atoms with E-state index in [1.54, 1.807) is 12.5 Å². The molecule has 0 aliphatic heterocycles. The predicted molar refractivity (Wildman–Crippen MR) is 53.2 cm³/mol. The Hall–Kier alpha value is -1.20. The predicted octanol–water partition coefficient (Wildman–Crippen LogP) is 2.07. The van der Waals surface area contributed by atoms with Gasteiger partial charge in [-0.05, 0) is 26.3 Å². The molecule has 0 amide bonds. The van der Waals surface area contributed by atoms with Crippen LogP contribution in [0.3, 0.4) is 0 Å². The van der Waals surface area contributed by atoms with E-state index in [1.807, 2.05) is 6.92 Å². The first-order valence-corrected chi connectivity index (χ1v) is 4.56. The maximum absolute atomic E-state index is 5.37. The molecule has 0 unspecified atom stereocenters. The van der Waals surface area contributed by atoms with Gasteiger partial charge >= 0.3 is 0 Å². The summed E-state index contributed by atoms with van der Waals surface area (Å²) in [5, 5.41) is 0. The van der Waals surface area contributed by atoms with Crippen LogP contribution in [-0.4, -0.2) is 6.54 Å². The smallest absolute Gasteiger partial charge is 0.106 e. The summed E-state index contributed by atoms with van der Waals surface area (Å²) in [6.07, 6.45) is 6.45. The fourth-order valence-electron chi connectivity index (χ4n) is 1.00. The average molecular weight is 177 g/mol. The van der Waals surface area contributed by atoms with Gasteiger partial charge in [-0.3, -0.25) is 0 Å². The van der Waals surface area contributed by atoms with E-state index in [0.29, 0.717) is 0 Å². The number of nitrogens with two attached hydrogens (primary N) is 1. The van der Waals surface area contributed by atoms with Crippen LogP contribution in [0.2, 0.25) is 0 Å². The Balaban J connectivity index is 2.35. The maximum Gasteiger partial charge on any atom is 0.106 e. The first-order valence-electron chi connectivity index (χ1n) is 4.56. The molecule has 0 fully saturated rings. The van der Waals surface area contributed by atoms with Gasteiger partial charge in [-0.2, -0.15) is 0 Å². The van der Waals surface area contributed by atoms with Crippen molar-refractivity contribution in [3.63, 3.8) is 0 Å². The summed E-state index contributed by atoms with van der Waals surface area (Å²) < 4.78 is 5.00. The Kier molecular flexibility index (Phi) is 4.14. The third kappa shape index (κ3) is 3.35. The van der Waals surface area contributed by atoms with Crippen LogP contribution in [0.25, 0.3) is 0 Å². The van der Waals surface area contributed by atoms with Crippen LogP contribution in [-0.2, 0) is 0 Å². The van der Waals surface area contributed by atoms with Gasteiger partial charge in [0.25, 0.3) is 0 Å². The van der Waals surface area contributed by atoms with Crippen LogP contribution in [0.15, 0.2) is 16.9 Å². The van der Waals surface area contributed by atoms with Gasteiger partial charge in [-0.1, -0.05) is 11.8 Å². The zero-order chi connectivity index (χ0) is 9.52. The second kappa shape index (κ2) is 5.45. The van der Waals surface area contributed by atoms with E-state index >= 15 is 0 Å². The zero-order valence-electron chi connectivity index (χ0n) is 7.97. The van der Waals surface area contributed by atoms with E-state index in [2.05, 4.69) is 11.8 Å². The Labute approximate surface area is 79.1 Å². The van der Waals surface area contributed by atoms with Crippen molar-refractivity contribution in [3.8, 4) is 11.8 Å². The molecule has 0 radical (unpaired) electrons. The Morgan fingerprint density at radius 3 is 2.85 bits per heavy atom. The summed E-state index contributed by atoms with van der Waals surface area (Å²) in [6, 6.07) is 0. The van der Waals surface area contributed by atoms with Crippen molar-refractivity contribution in [1.82, 2.24) is 0 Å². The van der Waals surface area contributed by atoms with Crippen LogP contribution in [0.1, 0.15) is 30.4 Å². The number of aryl methyl sites for hydroxylation is 1. The van der Waals surface area contributed by atoms with Gasteiger partial charge in [0.15, 0.2) is 0 Å². The fourth-order valence-corrected chi connectivity index (χ4v) is 1.00. The van der Waals surface area contributed by atoms with Crippen LogP contribution < -0.4 is 5.73 Å². The van der Waals surface area contributed by atoms with Gasteiger partial charge in [0, 0.05) is 12.0 Å². The highest BCUT2D eigenvalue weighted by Gasteiger charge is 1.93. The molecule has 0 aliphatic carbocycles. The molecule has 1 aromatic rings. The first kappa shape index (κ1) is 9.88. The highest BCUT2D eigenvalue weighted by molar-refractivity contribution is 5.36. The normalized spacial score (nSPS) is 9.38. The molecule has 1 heterocycles. The third-order valence-electron chi connectivity index (χ3n) is 1.83. The zero-order valence-corrected chi connectivity index (χ0v) is 7.97. The fraction of sp³-hybridized carbons (Fsp3) is 0.455. The summed E-state index contributed by atoms with van der Waals surface area (Å²) in [6.45, 7) is 2.75. The Morgan fingerprint density at radius 2 is 2.23 bits per heavy atom. The first-order chi connectivity index (χ1) is 6.34. The largest absolute Gasteiger partial charge is 0.471 e. The van der Waals surface area contributed by atoms with E-state index in [0.717, 1.165) is 36.9 Å². The monoisotopic (exact) mass is 177 g/mol. The van der Waals surface area contributed by atoms with Gasteiger partial charge in [0.1, 0.15) is 6.26 Å².